The minimum atomic E-state index is -0.0682. The van der Waals surface area contributed by atoms with Gasteiger partial charge in [-0.3, -0.25) is 4.79 Å². The highest BCUT2D eigenvalue weighted by Gasteiger charge is 2.17. The topological polar surface area (TPSA) is 46.3 Å². The molecule has 0 aliphatic carbocycles. The van der Waals surface area contributed by atoms with Crippen LogP contribution in [0.1, 0.15) is 15.2 Å². The zero-order chi connectivity index (χ0) is 12.4. The molecule has 2 rings (SSSR count). The van der Waals surface area contributed by atoms with Crippen LogP contribution >= 0.6 is 11.3 Å². The summed E-state index contributed by atoms with van der Waals surface area (Å²) in [5, 5.41) is 1.82. The van der Waals surface area contributed by atoms with Crippen LogP contribution in [0.4, 0.5) is 11.4 Å². The molecule has 1 aromatic carbocycles. The number of nitrogen functional groups attached to an aromatic ring is 1. The molecule has 0 spiro atoms. The van der Waals surface area contributed by atoms with E-state index in [-0.39, 0.29) is 5.91 Å². The van der Waals surface area contributed by atoms with Crippen molar-refractivity contribution < 1.29 is 4.79 Å². The van der Waals surface area contributed by atoms with Crippen molar-refractivity contribution >= 4 is 28.6 Å². The van der Waals surface area contributed by atoms with Crippen LogP contribution in [0, 0.1) is 6.92 Å². The van der Waals surface area contributed by atoms with Crippen molar-refractivity contribution in [2.24, 2.45) is 0 Å². The van der Waals surface area contributed by atoms with Crippen LogP contribution in [0.15, 0.2) is 35.7 Å². The van der Waals surface area contributed by atoms with Crippen LogP contribution in [0.3, 0.4) is 0 Å². The smallest absolute Gasteiger partial charge is 0.270 e. The molecular weight excluding hydrogens is 232 g/mol. The molecule has 17 heavy (non-hydrogen) atoms. The maximum atomic E-state index is 12.2. The van der Waals surface area contributed by atoms with E-state index in [2.05, 4.69) is 0 Å². The number of hydrogen-bond acceptors (Lipinski definition) is 3. The van der Waals surface area contributed by atoms with E-state index >= 15 is 0 Å². The lowest BCUT2D eigenvalue weighted by Crippen LogP contribution is -2.25. The molecule has 2 aromatic rings. The first-order chi connectivity index (χ1) is 8.09. The van der Waals surface area contributed by atoms with Gasteiger partial charge >= 0.3 is 0 Å². The van der Waals surface area contributed by atoms with Gasteiger partial charge in [0.25, 0.3) is 5.91 Å². The Morgan fingerprint density at radius 2 is 1.88 bits per heavy atom. The van der Waals surface area contributed by atoms with E-state index in [1.54, 1.807) is 18.0 Å². The molecule has 1 amide bonds. The van der Waals surface area contributed by atoms with Gasteiger partial charge in [-0.1, -0.05) is 17.7 Å². The van der Waals surface area contributed by atoms with Crippen molar-refractivity contribution in [2.45, 2.75) is 6.92 Å². The van der Waals surface area contributed by atoms with Crippen LogP contribution in [0.2, 0.25) is 0 Å². The lowest BCUT2D eigenvalue weighted by molar-refractivity contribution is 0.0997. The summed E-state index contributed by atoms with van der Waals surface area (Å²) in [6.45, 7) is 2.02. The quantitative estimate of drug-likeness (QED) is 0.885. The summed E-state index contributed by atoms with van der Waals surface area (Å²) in [6.07, 6.45) is 0. The molecule has 0 radical (unpaired) electrons. The second-order valence-corrected chi connectivity index (χ2v) is 4.82. The standard InChI is InChI=1S/C13H14N2OS/c1-9-3-5-10(6-4-9)15(2)13(16)12-11(14)7-8-17-12/h3-8H,14H2,1-2H3. The van der Waals surface area contributed by atoms with Gasteiger partial charge in [0.1, 0.15) is 4.88 Å². The lowest BCUT2D eigenvalue weighted by atomic mass is 10.2. The number of nitrogens with zero attached hydrogens (tertiary/aromatic N) is 1. The highest BCUT2D eigenvalue weighted by atomic mass is 32.1. The third-order valence-electron chi connectivity index (χ3n) is 2.62. The molecule has 0 aliphatic rings. The summed E-state index contributed by atoms with van der Waals surface area (Å²) < 4.78 is 0. The third-order valence-corrected chi connectivity index (χ3v) is 3.53. The molecule has 0 saturated heterocycles. The molecule has 2 N–H and O–H groups in total. The Bertz CT molecular complexity index is 531. The lowest BCUT2D eigenvalue weighted by Gasteiger charge is -2.17. The second-order valence-electron chi connectivity index (χ2n) is 3.90. The van der Waals surface area contributed by atoms with E-state index in [1.807, 2.05) is 36.6 Å². The molecule has 0 bridgehead atoms. The molecule has 88 valence electrons. The fourth-order valence-electron chi connectivity index (χ4n) is 1.53. The molecular formula is C13H14N2OS. The van der Waals surface area contributed by atoms with E-state index in [1.165, 1.54) is 16.9 Å². The second kappa shape index (κ2) is 4.59. The average Bonchev–Trinajstić information content (AvgIpc) is 2.74. The zero-order valence-electron chi connectivity index (χ0n) is 9.81. The fraction of sp³-hybridized carbons (Fsp3) is 0.154. The van der Waals surface area contributed by atoms with Gasteiger partial charge < -0.3 is 10.6 Å². The first-order valence-corrected chi connectivity index (χ1v) is 6.15. The SMILES string of the molecule is Cc1ccc(N(C)C(=O)c2sccc2N)cc1. The summed E-state index contributed by atoms with van der Waals surface area (Å²) in [5.74, 6) is -0.0682. The van der Waals surface area contributed by atoms with E-state index in [9.17, 15) is 4.79 Å². The Labute approximate surface area is 104 Å². The van der Waals surface area contributed by atoms with Gasteiger partial charge in [-0.25, -0.2) is 0 Å². The molecule has 0 saturated carbocycles. The highest BCUT2D eigenvalue weighted by molar-refractivity contribution is 7.12. The van der Waals surface area contributed by atoms with Crippen molar-refractivity contribution in [3.8, 4) is 0 Å². The molecule has 0 unspecified atom stereocenters. The van der Waals surface area contributed by atoms with Gasteiger partial charge in [0.2, 0.25) is 0 Å². The minimum Gasteiger partial charge on any atom is -0.397 e. The normalized spacial score (nSPS) is 10.2. The summed E-state index contributed by atoms with van der Waals surface area (Å²) >= 11 is 1.37. The van der Waals surface area contributed by atoms with Crippen molar-refractivity contribution in [3.05, 3.63) is 46.2 Å². The third kappa shape index (κ3) is 2.31. The number of carbonyl (C=O) groups is 1. The van der Waals surface area contributed by atoms with E-state index < -0.39 is 0 Å². The summed E-state index contributed by atoms with van der Waals surface area (Å²) in [6, 6.07) is 9.57. The predicted molar refractivity (Wildman–Crippen MR) is 72.6 cm³/mol. The first-order valence-electron chi connectivity index (χ1n) is 5.27. The number of carbonyl (C=O) groups excluding carboxylic acids is 1. The number of thiophene rings is 1. The number of aryl methyl sites for hydroxylation is 1. The Morgan fingerprint density at radius 1 is 1.24 bits per heavy atom. The number of amides is 1. The Morgan fingerprint density at radius 3 is 2.41 bits per heavy atom. The highest BCUT2D eigenvalue weighted by Crippen LogP contribution is 2.23. The predicted octanol–water partition coefficient (Wildman–Crippen LogP) is 2.92. The zero-order valence-corrected chi connectivity index (χ0v) is 10.6. The van der Waals surface area contributed by atoms with Gasteiger partial charge in [0, 0.05) is 12.7 Å². The minimum absolute atomic E-state index is 0.0682. The summed E-state index contributed by atoms with van der Waals surface area (Å²) in [4.78, 5) is 14.4. The molecule has 4 heteroatoms. The van der Waals surface area contributed by atoms with E-state index in [0.717, 1.165) is 5.69 Å². The average molecular weight is 246 g/mol. The van der Waals surface area contributed by atoms with Gasteiger partial charge in [0.15, 0.2) is 0 Å². The maximum Gasteiger partial charge on any atom is 0.270 e. The molecule has 0 aliphatic heterocycles. The number of nitrogens with two attached hydrogens (primary N) is 1. The molecule has 1 heterocycles. The molecule has 0 atom stereocenters. The monoisotopic (exact) mass is 246 g/mol. The summed E-state index contributed by atoms with van der Waals surface area (Å²) in [7, 11) is 1.76. The Kier molecular flexibility index (Phi) is 3.15. The van der Waals surface area contributed by atoms with Crippen LogP contribution in [0.25, 0.3) is 0 Å². The molecule has 1 aromatic heterocycles. The molecule has 0 fully saturated rings. The number of benzene rings is 1. The van der Waals surface area contributed by atoms with Gasteiger partial charge in [-0.2, -0.15) is 0 Å². The summed E-state index contributed by atoms with van der Waals surface area (Å²) in [5.41, 5.74) is 8.33. The number of anilines is 2. The van der Waals surface area contributed by atoms with Crippen molar-refractivity contribution in [3.63, 3.8) is 0 Å². The van der Waals surface area contributed by atoms with Crippen molar-refractivity contribution in [1.29, 1.82) is 0 Å². The van der Waals surface area contributed by atoms with E-state index in [0.29, 0.717) is 10.6 Å². The van der Waals surface area contributed by atoms with Crippen molar-refractivity contribution in [1.82, 2.24) is 0 Å². The van der Waals surface area contributed by atoms with Crippen LogP contribution in [-0.4, -0.2) is 13.0 Å². The largest absolute Gasteiger partial charge is 0.397 e. The number of hydrogen-bond donors (Lipinski definition) is 1. The Balaban J connectivity index is 2.26. The van der Waals surface area contributed by atoms with Gasteiger partial charge in [0.05, 0.1) is 5.69 Å². The van der Waals surface area contributed by atoms with Gasteiger partial charge in [-0.05, 0) is 30.5 Å². The van der Waals surface area contributed by atoms with Crippen LogP contribution in [-0.2, 0) is 0 Å². The van der Waals surface area contributed by atoms with E-state index in [4.69, 9.17) is 5.73 Å². The van der Waals surface area contributed by atoms with Gasteiger partial charge in [-0.15, -0.1) is 11.3 Å². The first kappa shape index (κ1) is 11.7. The maximum absolute atomic E-state index is 12.2. The Hall–Kier alpha value is -1.81. The number of rotatable bonds is 2. The fourth-order valence-corrected chi connectivity index (χ4v) is 2.32. The molecule has 3 nitrogen and oxygen atoms in total. The van der Waals surface area contributed by atoms with Crippen LogP contribution < -0.4 is 10.6 Å². The van der Waals surface area contributed by atoms with Crippen molar-refractivity contribution in [2.75, 3.05) is 17.7 Å². The van der Waals surface area contributed by atoms with Crippen LogP contribution in [0.5, 0.6) is 0 Å².